The van der Waals surface area contributed by atoms with Gasteiger partial charge in [-0.1, -0.05) is 38.2 Å². The Morgan fingerprint density at radius 2 is 1.70 bits per heavy atom. The van der Waals surface area contributed by atoms with Gasteiger partial charge in [0.2, 0.25) is 5.91 Å². The van der Waals surface area contributed by atoms with E-state index in [1.165, 1.54) is 32.1 Å². The number of carbonyl (C=O) groups is 1. The zero-order valence-corrected chi connectivity index (χ0v) is 13.8. The Bertz CT molecular complexity index is 521. The highest BCUT2D eigenvalue weighted by molar-refractivity contribution is 5.76. The third-order valence-corrected chi connectivity index (χ3v) is 4.72. The van der Waals surface area contributed by atoms with Gasteiger partial charge in [0.05, 0.1) is 0 Å². The molecule has 0 radical (unpaired) electrons. The van der Waals surface area contributed by atoms with Crippen LogP contribution < -0.4 is 14.8 Å². The van der Waals surface area contributed by atoms with Crippen molar-refractivity contribution in [1.29, 1.82) is 0 Å². The summed E-state index contributed by atoms with van der Waals surface area (Å²) in [6.45, 7) is 1.20. The van der Waals surface area contributed by atoms with Crippen molar-refractivity contribution in [2.24, 2.45) is 0 Å². The number of rotatable bonds is 4. The third-order valence-electron chi connectivity index (χ3n) is 4.72. The van der Waals surface area contributed by atoms with Gasteiger partial charge in [-0.25, -0.2) is 0 Å². The van der Waals surface area contributed by atoms with E-state index in [0.717, 1.165) is 36.3 Å². The average molecular weight is 317 g/mol. The van der Waals surface area contributed by atoms with Gasteiger partial charge in [-0.15, -0.1) is 0 Å². The van der Waals surface area contributed by atoms with Crippen LogP contribution in [-0.4, -0.2) is 25.2 Å². The van der Waals surface area contributed by atoms with E-state index in [0.29, 0.717) is 25.7 Å². The molecule has 0 saturated heterocycles. The molecule has 0 spiro atoms. The molecule has 0 aromatic heterocycles. The van der Waals surface area contributed by atoms with E-state index in [4.69, 9.17) is 9.47 Å². The third kappa shape index (κ3) is 4.88. The zero-order chi connectivity index (χ0) is 15.9. The summed E-state index contributed by atoms with van der Waals surface area (Å²) < 4.78 is 11.1. The molecule has 23 heavy (non-hydrogen) atoms. The molecule has 1 N–H and O–H groups in total. The molecule has 2 aliphatic rings. The van der Waals surface area contributed by atoms with Crippen LogP contribution in [0.3, 0.4) is 0 Å². The molecule has 1 aromatic carbocycles. The Morgan fingerprint density at radius 3 is 2.48 bits per heavy atom. The Hall–Kier alpha value is -1.71. The molecule has 1 saturated carbocycles. The first kappa shape index (κ1) is 16.2. The number of ether oxygens (including phenoxy) is 2. The minimum absolute atomic E-state index is 0.172. The number of nitrogens with one attached hydrogen (secondary N) is 1. The monoisotopic (exact) mass is 317 g/mol. The number of carbonyl (C=O) groups excluding carboxylic acids is 1. The normalized spacial score (nSPS) is 18.8. The van der Waals surface area contributed by atoms with Crippen LogP contribution in [0.15, 0.2) is 18.2 Å². The summed E-state index contributed by atoms with van der Waals surface area (Å²) >= 11 is 0. The average Bonchev–Trinajstić information content (AvgIpc) is 2.55. The minimum atomic E-state index is 0.172. The van der Waals surface area contributed by atoms with Crippen LogP contribution >= 0.6 is 0 Å². The smallest absolute Gasteiger partial charge is 0.220 e. The first-order chi connectivity index (χ1) is 11.3. The first-order valence-electron chi connectivity index (χ1n) is 8.99. The summed E-state index contributed by atoms with van der Waals surface area (Å²) in [5.41, 5.74) is 1.13. The second-order valence-electron chi connectivity index (χ2n) is 6.59. The highest BCUT2D eigenvalue weighted by Gasteiger charge is 2.15. The number of fused-ring (bicyclic) bond motifs is 1. The summed E-state index contributed by atoms with van der Waals surface area (Å²) in [7, 11) is 0. The molecule has 1 heterocycles. The predicted molar refractivity (Wildman–Crippen MR) is 90.0 cm³/mol. The Kier molecular flexibility index (Phi) is 5.78. The Balaban J connectivity index is 1.46. The van der Waals surface area contributed by atoms with Crippen LogP contribution in [0.1, 0.15) is 56.9 Å². The van der Waals surface area contributed by atoms with Crippen LogP contribution in [-0.2, 0) is 11.2 Å². The fourth-order valence-electron chi connectivity index (χ4n) is 3.40. The summed E-state index contributed by atoms with van der Waals surface area (Å²) in [5, 5.41) is 3.22. The largest absolute Gasteiger partial charge is 0.486 e. The van der Waals surface area contributed by atoms with Crippen molar-refractivity contribution < 1.29 is 14.3 Å². The highest BCUT2D eigenvalue weighted by Crippen LogP contribution is 2.31. The van der Waals surface area contributed by atoms with Gasteiger partial charge in [-0.2, -0.15) is 0 Å². The van der Waals surface area contributed by atoms with Crippen molar-refractivity contribution in [2.75, 3.05) is 13.2 Å². The van der Waals surface area contributed by atoms with E-state index >= 15 is 0 Å². The van der Waals surface area contributed by atoms with Crippen LogP contribution in [0.5, 0.6) is 11.5 Å². The number of hydrogen-bond donors (Lipinski definition) is 1. The lowest BCUT2D eigenvalue weighted by molar-refractivity contribution is -0.121. The molecule has 0 atom stereocenters. The van der Waals surface area contributed by atoms with Gasteiger partial charge in [0.25, 0.3) is 0 Å². The fraction of sp³-hybridized carbons (Fsp3) is 0.632. The number of amides is 1. The van der Waals surface area contributed by atoms with Gasteiger partial charge in [0.15, 0.2) is 11.5 Å². The van der Waals surface area contributed by atoms with E-state index in [-0.39, 0.29) is 5.91 Å². The quantitative estimate of drug-likeness (QED) is 0.922. The summed E-state index contributed by atoms with van der Waals surface area (Å²) in [6.07, 6.45) is 10.0. The molecule has 0 unspecified atom stereocenters. The maximum absolute atomic E-state index is 12.2. The van der Waals surface area contributed by atoms with E-state index in [1.807, 2.05) is 18.2 Å². The van der Waals surface area contributed by atoms with E-state index in [2.05, 4.69) is 5.32 Å². The molecular formula is C19H27NO3. The van der Waals surface area contributed by atoms with Gasteiger partial charge in [-0.05, 0) is 37.0 Å². The Morgan fingerprint density at radius 1 is 1.00 bits per heavy atom. The van der Waals surface area contributed by atoms with Crippen molar-refractivity contribution in [3.8, 4) is 11.5 Å². The van der Waals surface area contributed by atoms with Crippen LogP contribution in [0.25, 0.3) is 0 Å². The molecule has 1 fully saturated rings. The van der Waals surface area contributed by atoms with E-state index in [9.17, 15) is 4.79 Å². The topological polar surface area (TPSA) is 47.6 Å². The fourth-order valence-corrected chi connectivity index (χ4v) is 3.40. The second-order valence-corrected chi connectivity index (χ2v) is 6.59. The maximum atomic E-state index is 12.2. The number of benzene rings is 1. The number of hydrogen-bond acceptors (Lipinski definition) is 3. The SMILES string of the molecule is O=C(CCc1ccc2c(c1)OCCO2)NC1CCCCCCC1. The predicted octanol–water partition coefficient (Wildman–Crippen LogP) is 3.62. The molecule has 4 nitrogen and oxygen atoms in total. The first-order valence-corrected chi connectivity index (χ1v) is 8.99. The van der Waals surface area contributed by atoms with E-state index in [1.54, 1.807) is 0 Å². The molecule has 0 bridgehead atoms. The molecule has 1 amide bonds. The minimum Gasteiger partial charge on any atom is -0.486 e. The van der Waals surface area contributed by atoms with Crippen LogP contribution in [0.2, 0.25) is 0 Å². The lowest BCUT2D eigenvalue weighted by Crippen LogP contribution is -2.35. The lowest BCUT2D eigenvalue weighted by atomic mass is 9.96. The standard InChI is InChI=1S/C19H27NO3/c21-19(20-16-6-4-2-1-3-5-7-16)11-9-15-8-10-17-18(14-15)23-13-12-22-17/h8,10,14,16H,1-7,9,11-13H2,(H,20,21). The second kappa shape index (κ2) is 8.23. The molecular weight excluding hydrogens is 290 g/mol. The highest BCUT2D eigenvalue weighted by atomic mass is 16.6. The molecule has 3 rings (SSSR count). The van der Waals surface area contributed by atoms with Crippen LogP contribution in [0, 0.1) is 0 Å². The molecule has 1 aliphatic heterocycles. The van der Waals surface area contributed by atoms with Gasteiger partial charge in [0.1, 0.15) is 13.2 Å². The maximum Gasteiger partial charge on any atom is 0.220 e. The molecule has 126 valence electrons. The van der Waals surface area contributed by atoms with Crippen molar-refractivity contribution in [2.45, 2.75) is 63.8 Å². The van der Waals surface area contributed by atoms with Gasteiger partial charge >= 0.3 is 0 Å². The molecule has 4 heteroatoms. The van der Waals surface area contributed by atoms with Gasteiger partial charge in [-0.3, -0.25) is 4.79 Å². The molecule has 1 aliphatic carbocycles. The van der Waals surface area contributed by atoms with Crippen molar-refractivity contribution in [1.82, 2.24) is 5.32 Å². The van der Waals surface area contributed by atoms with Gasteiger partial charge in [0, 0.05) is 12.5 Å². The van der Waals surface area contributed by atoms with Crippen molar-refractivity contribution >= 4 is 5.91 Å². The number of aryl methyl sites for hydroxylation is 1. The van der Waals surface area contributed by atoms with E-state index < -0.39 is 0 Å². The zero-order valence-electron chi connectivity index (χ0n) is 13.8. The van der Waals surface area contributed by atoms with Gasteiger partial charge < -0.3 is 14.8 Å². The van der Waals surface area contributed by atoms with Crippen LogP contribution in [0.4, 0.5) is 0 Å². The van der Waals surface area contributed by atoms with Crippen molar-refractivity contribution in [3.05, 3.63) is 23.8 Å². The summed E-state index contributed by atoms with van der Waals surface area (Å²) in [5.74, 6) is 1.78. The van der Waals surface area contributed by atoms with Crippen molar-refractivity contribution in [3.63, 3.8) is 0 Å². The molecule has 1 aromatic rings. The lowest BCUT2D eigenvalue weighted by Gasteiger charge is -2.21. The summed E-state index contributed by atoms with van der Waals surface area (Å²) in [4.78, 5) is 12.2. The summed E-state index contributed by atoms with van der Waals surface area (Å²) in [6, 6.07) is 6.34. The Labute approximate surface area is 138 Å².